The normalized spacial score (nSPS) is 41.0. The van der Waals surface area contributed by atoms with Crippen LogP contribution >= 0.6 is 0 Å². The average molecular weight is 394 g/mol. The molecule has 6 unspecified atom stereocenters. The molecule has 0 aliphatic heterocycles. The van der Waals surface area contributed by atoms with Crippen molar-refractivity contribution >= 4 is 11.8 Å². The molecule has 29 heavy (non-hydrogen) atoms. The molecule has 4 nitrogen and oxygen atoms in total. The number of hydrogen-bond acceptors (Lipinski definition) is 4. The Hall–Kier alpha value is -1.97. The number of carbonyl (C=O) groups is 2. The third-order valence-electron chi connectivity index (χ3n) is 9.02. The number of esters is 1. The van der Waals surface area contributed by atoms with E-state index in [1.807, 2.05) is 6.08 Å². The number of allylic oxidation sites excluding steroid dienone is 1. The van der Waals surface area contributed by atoms with E-state index in [1.165, 1.54) is 18.4 Å². The summed E-state index contributed by atoms with van der Waals surface area (Å²) in [6, 6.07) is 3.56. The highest BCUT2D eigenvalue weighted by Gasteiger charge is 2.59. The molecule has 6 atom stereocenters. The summed E-state index contributed by atoms with van der Waals surface area (Å²) >= 11 is 0. The van der Waals surface area contributed by atoms with Crippen LogP contribution in [0.2, 0.25) is 0 Å². The molecule has 5 rings (SSSR count). The lowest BCUT2D eigenvalue weighted by Crippen LogP contribution is -2.51. The fraction of sp³-hybridized carbons (Fsp3) is 0.640. The Kier molecular flexibility index (Phi) is 4.45. The lowest BCUT2D eigenvalue weighted by molar-refractivity contribution is -0.118. The maximum absolute atomic E-state index is 12.7. The van der Waals surface area contributed by atoms with Crippen molar-refractivity contribution in [1.29, 1.82) is 0 Å². The molecular weight excluding hydrogens is 362 g/mol. The van der Waals surface area contributed by atoms with Crippen LogP contribution in [0.25, 0.3) is 0 Å². The van der Waals surface area contributed by atoms with Crippen molar-refractivity contribution in [2.75, 3.05) is 0 Å². The van der Waals surface area contributed by atoms with Crippen LogP contribution in [0.1, 0.15) is 75.6 Å². The first kappa shape index (κ1) is 19.0. The molecule has 4 aliphatic carbocycles. The zero-order valence-electron chi connectivity index (χ0n) is 17.5. The summed E-state index contributed by atoms with van der Waals surface area (Å²) in [4.78, 5) is 28.7. The molecule has 3 fully saturated rings. The molecule has 1 heterocycles. The first-order valence-corrected chi connectivity index (χ1v) is 11.3. The van der Waals surface area contributed by atoms with Crippen LogP contribution in [0.4, 0.5) is 0 Å². The number of ether oxygens (including phenoxy) is 1. The Labute approximate surface area is 173 Å². The van der Waals surface area contributed by atoms with E-state index in [0.29, 0.717) is 35.5 Å². The molecule has 154 valence electrons. The van der Waals surface area contributed by atoms with Gasteiger partial charge in [-0.2, -0.15) is 0 Å². The minimum atomic E-state index is -0.237. The molecule has 0 bridgehead atoms. The smallest absolute Gasteiger partial charge is 0.339 e. The van der Waals surface area contributed by atoms with E-state index < -0.39 is 0 Å². The zero-order valence-corrected chi connectivity index (χ0v) is 17.5. The summed E-state index contributed by atoms with van der Waals surface area (Å²) in [5.74, 6) is 2.05. The Bertz CT molecular complexity index is 862. The Morgan fingerprint density at radius 2 is 1.97 bits per heavy atom. The van der Waals surface area contributed by atoms with Gasteiger partial charge in [-0.3, -0.25) is 9.78 Å². The SMILES string of the molecule is CC12CCC(=O)C=C1CCC1C2CCC2(C)C(OC(=O)c3cccnc3)CCC12. The van der Waals surface area contributed by atoms with E-state index in [1.54, 1.807) is 24.5 Å². The quantitative estimate of drug-likeness (QED) is 0.653. The zero-order chi connectivity index (χ0) is 20.2. The fourth-order valence-electron chi connectivity index (χ4n) is 7.39. The number of pyridine rings is 1. The van der Waals surface area contributed by atoms with Crippen molar-refractivity contribution in [3.05, 3.63) is 41.7 Å². The molecule has 0 radical (unpaired) electrons. The van der Waals surface area contributed by atoms with Gasteiger partial charge in [0.1, 0.15) is 6.10 Å². The predicted octanol–water partition coefficient (Wildman–Crippen LogP) is 5.14. The van der Waals surface area contributed by atoms with Gasteiger partial charge < -0.3 is 4.74 Å². The molecule has 1 aromatic rings. The van der Waals surface area contributed by atoms with E-state index in [0.717, 1.165) is 32.1 Å². The molecule has 4 heteroatoms. The number of hydrogen-bond donors (Lipinski definition) is 0. The fourth-order valence-corrected chi connectivity index (χ4v) is 7.39. The molecule has 4 aliphatic rings. The second kappa shape index (κ2) is 6.78. The minimum Gasteiger partial charge on any atom is -0.458 e. The Balaban J connectivity index is 1.37. The van der Waals surface area contributed by atoms with Crippen molar-refractivity contribution < 1.29 is 14.3 Å². The van der Waals surface area contributed by atoms with Crippen LogP contribution in [0.3, 0.4) is 0 Å². The summed E-state index contributed by atoms with van der Waals surface area (Å²) < 4.78 is 6.06. The number of ketones is 1. The first-order chi connectivity index (χ1) is 13.9. The Morgan fingerprint density at radius 3 is 2.76 bits per heavy atom. The molecular formula is C25H31NO3. The third kappa shape index (κ3) is 2.90. The summed E-state index contributed by atoms with van der Waals surface area (Å²) in [7, 11) is 0. The van der Waals surface area contributed by atoms with Gasteiger partial charge in [-0.15, -0.1) is 0 Å². The highest BCUT2D eigenvalue weighted by atomic mass is 16.5. The van der Waals surface area contributed by atoms with E-state index in [-0.39, 0.29) is 22.9 Å². The number of rotatable bonds is 2. The van der Waals surface area contributed by atoms with Crippen molar-refractivity contribution in [1.82, 2.24) is 4.98 Å². The Morgan fingerprint density at radius 1 is 1.10 bits per heavy atom. The van der Waals surface area contributed by atoms with Crippen molar-refractivity contribution in [2.45, 2.75) is 71.3 Å². The lowest BCUT2D eigenvalue weighted by Gasteiger charge is -2.57. The highest BCUT2D eigenvalue weighted by molar-refractivity contribution is 5.91. The molecule has 3 saturated carbocycles. The van der Waals surface area contributed by atoms with Gasteiger partial charge in [0.15, 0.2) is 5.78 Å². The number of aromatic nitrogens is 1. The number of fused-ring (bicyclic) bond motifs is 5. The monoisotopic (exact) mass is 393 g/mol. The maximum atomic E-state index is 12.7. The van der Waals surface area contributed by atoms with E-state index >= 15 is 0 Å². The summed E-state index contributed by atoms with van der Waals surface area (Å²) in [5, 5.41) is 0. The van der Waals surface area contributed by atoms with Gasteiger partial charge in [0.25, 0.3) is 0 Å². The summed E-state index contributed by atoms with van der Waals surface area (Å²) in [5.41, 5.74) is 2.22. The summed E-state index contributed by atoms with van der Waals surface area (Å²) in [6.45, 7) is 4.78. The molecule has 0 amide bonds. The second-order valence-corrected chi connectivity index (χ2v) is 10.2. The average Bonchev–Trinajstić information content (AvgIpc) is 3.05. The van der Waals surface area contributed by atoms with Crippen LogP contribution in [-0.4, -0.2) is 22.8 Å². The maximum Gasteiger partial charge on any atom is 0.339 e. The molecule has 0 N–H and O–H groups in total. The van der Waals surface area contributed by atoms with Gasteiger partial charge >= 0.3 is 5.97 Å². The van der Waals surface area contributed by atoms with Gasteiger partial charge in [-0.25, -0.2) is 4.79 Å². The van der Waals surface area contributed by atoms with E-state index in [9.17, 15) is 9.59 Å². The first-order valence-electron chi connectivity index (χ1n) is 11.3. The second-order valence-electron chi connectivity index (χ2n) is 10.2. The van der Waals surface area contributed by atoms with Gasteiger partial charge in [0.05, 0.1) is 5.56 Å². The summed E-state index contributed by atoms with van der Waals surface area (Å²) in [6.07, 6.45) is 13.6. The lowest BCUT2D eigenvalue weighted by atomic mass is 9.47. The van der Waals surface area contributed by atoms with Crippen LogP contribution in [0.5, 0.6) is 0 Å². The van der Waals surface area contributed by atoms with Crippen LogP contribution in [0.15, 0.2) is 36.2 Å². The van der Waals surface area contributed by atoms with Gasteiger partial charge in [-0.05, 0) is 86.3 Å². The largest absolute Gasteiger partial charge is 0.458 e. The standard InChI is InChI=1S/C25H31NO3/c1-24-11-9-18(27)14-17(24)5-6-19-20-7-8-22(25(20,2)12-10-21(19)24)29-23(28)16-4-3-13-26-15-16/h3-4,13-15,19-22H,5-12H2,1-2H3. The molecule has 0 saturated heterocycles. The highest BCUT2D eigenvalue weighted by Crippen LogP contribution is 2.65. The number of carbonyl (C=O) groups excluding carboxylic acids is 2. The van der Waals surface area contributed by atoms with E-state index in [4.69, 9.17) is 4.74 Å². The minimum absolute atomic E-state index is 0.00108. The third-order valence-corrected chi connectivity index (χ3v) is 9.02. The molecule has 1 aromatic heterocycles. The number of nitrogens with zero attached hydrogens (tertiary/aromatic N) is 1. The van der Waals surface area contributed by atoms with Gasteiger partial charge in [-0.1, -0.05) is 19.4 Å². The van der Waals surface area contributed by atoms with Crippen molar-refractivity contribution in [2.24, 2.45) is 28.6 Å². The van der Waals surface area contributed by atoms with E-state index in [2.05, 4.69) is 18.8 Å². The van der Waals surface area contributed by atoms with Crippen molar-refractivity contribution in [3.63, 3.8) is 0 Å². The topological polar surface area (TPSA) is 56.3 Å². The van der Waals surface area contributed by atoms with Crippen molar-refractivity contribution in [3.8, 4) is 0 Å². The van der Waals surface area contributed by atoms with Gasteiger partial charge in [0.2, 0.25) is 0 Å². The molecule has 0 spiro atoms. The van der Waals surface area contributed by atoms with Gasteiger partial charge in [0, 0.05) is 24.2 Å². The van der Waals surface area contributed by atoms with Crippen LogP contribution in [-0.2, 0) is 9.53 Å². The molecule has 0 aromatic carbocycles. The van der Waals surface area contributed by atoms with Crippen LogP contribution < -0.4 is 0 Å². The predicted molar refractivity (Wildman–Crippen MR) is 110 cm³/mol. The van der Waals surface area contributed by atoms with Crippen LogP contribution in [0, 0.1) is 28.6 Å².